The number of nitrogen functional groups attached to an aromatic ring is 2. The van der Waals surface area contributed by atoms with Crippen molar-refractivity contribution in [1.29, 1.82) is 15.8 Å². The molecule has 1 unspecified atom stereocenters. The number of hydrogen-bond donors (Lipinski definition) is 4. The number of anilines is 3. The molecule has 0 fully saturated rings. The van der Waals surface area contributed by atoms with Crippen LogP contribution in [0.2, 0.25) is 0 Å². The van der Waals surface area contributed by atoms with E-state index in [2.05, 4.69) is 20.6 Å². The number of pyridine rings is 1. The molecule has 3 aromatic rings. The number of hydrogen-bond acceptors (Lipinski definition) is 10. The normalized spacial score (nSPS) is 13.8. The lowest BCUT2D eigenvalue weighted by atomic mass is 9.95. The molecular formula is C23H16FN9O. The average molecular weight is 453 g/mol. The molecule has 6 N–H and O–H groups in total. The van der Waals surface area contributed by atoms with Crippen molar-refractivity contribution >= 4 is 23.3 Å². The summed E-state index contributed by atoms with van der Waals surface area (Å²) in [4.78, 5) is 8.71. The van der Waals surface area contributed by atoms with Crippen LogP contribution in [0.25, 0.3) is 0 Å². The number of benzene rings is 2. The van der Waals surface area contributed by atoms with Crippen molar-refractivity contribution < 1.29 is 9.13 Å². The number of ether oxygens (including phenoxy) is 1. The Morgan fingerprint density at radius 1 is 1.12 bits per heavy atom. The second-order valence-electron chi connectivity index (χ2n) is 7.18. The molecule has 0 aliphatic carbocycles. The van der Waals surface area contributed by atoms with Crippen molar-refractivity contribution in [3.63, 3.8) is 0 Å². The Kier molecular flexibility index (Phi) is 5.81. The Labute approximate surface area is 193 Å². The Balaban J connectivity index is 1.69. The molecule has 0 radical (unpaired) electrons. The van der Waals surface area contributed by atoms with Crippen molar-refractivity contribution in [2.45, 2.75) is 12.6 Å². The van der Waals surface area contributed by atoms with Gasteiger partial charge in [0.05, 0.1) is 17.3 Å². The maximum absolute atomic E-state index is 14.2. The first kappa shape index (κ1) is 21.9. The summed E-state index contributed by atoms with van der Waals surface area (Å²) in [5, 5.41) is 32.6. The van der Waals surface area contributed by atoms with Crippen molar-refractivity contribution in [2.75, 3.05) is 16.8 Å². The Morgan fingerprint density at radius 3 is 2.65 bits per heavy atom. The summed E-state index contributed by atoms with van der Waals surface area (Å²) in [7, 11) is 0. The molecule has 10 nitrogen and oxygen atoms in total. The van der Waals surface area contributed by atoms with Crippen LogP contribution in [0.5, 0.6) is 5.75 Å². The molecule has 0 bridgehead atoms. The number of aromatic nitrogens is 1. The van der Waals surface area contributed by atoms with Gasteiger partial charge in [-0.2, -0.15) is 15.8 Å². The van der Waals surface area contributed by atoms with Gasteiger partial charge in [-0.1, -0.05) is 18.2 Å². The zero-order valence-corrected chi connectivity index (χ0v) is 17.5. The molecule has 1 aliphatic heterocycles. The second-order valence-corrected chi connectivity index (χ2v) is 7.18. The summed E-state index contributed by atoms with van der Waals surface area (Å²) in [5.74, 6) is 0.220. The van der Waals surface area contributed by atoms with E-state index in [1.165, 1.54) is 12.1 Å². The van der Waals surface area contributed by atoms with E-state index in [4.69, 9.17) is 26.7 Å². The number of halogens is 1. The third kappa shape index (κ3) is 4.07. The van der Waals surface area contributed by atoms with E-state index in [-0.39, 0.29) is 46.6 Å². The summed E-state index contributed by atoms with van der Waals surface area (Å²) in [5.41, 5.74) is 13.8. The topological polar surface area (TPSA) is 182 Å². The van der Waals surface area contributed by atoms with Gasteiger partial charge in [-0.05, 0) is 29.8 Å². The summed E-state index contributed by atoms with van der Waals surface area (Å²) in [6.45, 7) is -0.0624. The first-order valence-electron chi connectivity index (χ1n) is 9.85. The number of aliphatic imine (C=N–C) groups is 1. The van der Waals surface area contributed by atoms with Crippen molar-refractivity contribution in [3.8, 4) is 24.1 Å². The van der Waals surface area contributed by atoms with Crippen LogP contribution >= 0.6 is 0 Å². The van der Waals surface area contributed by atoms with Crippen molar-refractivity contribution in [2.24, 2.45) is 4.99 Å². The molecule has 0 spiro atoms. The third-order valence-corrected chi connectivity index (χ3v) is 5.11. The summed E-state index contributed by atoms with van der Waals surface area (Å²) in [6, 6.07) is 14.1. The van der Waals surface area contributed by atoms with Crippen LogP contribution in [0.4, 0.5) is 21.7 Å². The van der Waals surface area contributed by atoms with E-state index >= 15 is 0 Å². The van der Waals surface area contributed by atoms with Crippen molar-refractivity contribution in [3.05, 3.63) is 76.1 Å². The minimum Gasteiger partial charge on any atom is -0.489 e. The Morgan fingerprint density at radius 2 is 1.94 bits per heavy atom. The van der Waals surface area contributed by atoms with Crippen LogP contribution in [-0.2, 0) is 6.61 Å². The van der Waals surface area contributed by atoms with Gasteiger partial charge in [0.2, 0.25) is 5.96 Å². The highest BCUT2D eigenvalue weighted by Gasteiger charge is 2.29. The minimum atomic E-state index is -0.734. The fourth-order valence-corrected chi connectivity index (χ4v) is 3.49. The number of nitriles is 3. The van der Waals surface area contributed by atoms with Crippen LogP contribution < -0.4 is 26.8 Å². The minimum absolute atomic E-state index is 0.0288. The van der Waals surface area contributed by atoms with Gasteiger partial charge in [0.15, 0.2) is 6.19 Å². The lowest BCUT2D eigenvalue weighted by Gasteiger charge is -2.26. The predicted octanol–water partition coefficient (Wildman–Crippen LogP) is 2.65. The van der Waals surface area contributed by atoms with E-state index < -0.39 is 11.9 Å². The van der Waals surface area contributed by atoms with Crippen LogP contribution in [0.3, 0.4) is 0 Å². The van der Waals surface area contributed by atoms with Crippen LogP contribution in [0.15, 0.2) is 47.5 Å². The Bertz CT molecular complexity index is 1450. The van der Waals surface area contributed by atoms with Gasteiger partial charge in [-0.15, -0.1) is 0 Å². The largest absolute Gasteiger partial charge is 0.489 e. The van der Waals surface area contributed by atoms with Gasteiger partial charge in [-0.3, -0.25) is 5.32 Å². The lowest BCUT2D eigenvalue weighted by Crippen LogP contribution is -2.32. The quantitative estimate of drug-likeness (QED) is 0.341. The highest BCUT2D eigenvalue weighted by atomic mass is 19.1. The Hall–Kier alpha value is -5.34. The molecule has 4 rings (SSSR count). The first-order valence-corrected chi connectivity index (χ1v) is 9.85. The maximum atomic E-state index is 14.2. The second kappa shape index (κ2) is 9.03. The molecule has 1 aromatic heterocycles. The number of nitrogens with zero attached hydrogens (tertiary/aromatic N) is 5. The molecule has 2 heterocycles. The first-order chi connectivity index (χ1) is 16.4. The predicted molar refractivity (Wildman–Crippen MR) is 121 cm³/mol. The summed E-state index contributed by atoms with van der Waals surface area (Å²) in [6.07, 6.45) is 1.79. The molecule has 2 aromatic carbocycles. The zero-order chi connectivity index (χ0) is 24.2. The van der Waals surface area contributed by atoms with Gasteiger partial charge in [0, 0.05) is 11.1 Å². The molecule has 34 heavy (non-hydrogen) atoms. The standard InChI is InChI=1S/C23H16FN9O/c24-17-6-12(8-25)4-5-14(17)10-34-15-3-1-2-13(7-15)20-18-19(28)16(9-26)21(29)32-22(18)33-23(31-20)30-11-27/h1-7,20H,10H2,(H6,28,29,30,31,32,33). The fraction of sp³-hybridized carbons (Fsp3) is 0.0870. The SMILES string of the molecule is N#CNC1=NC(c2cccc(OCc3ccc(C#N)cc3F)c2)c2c(nc(N)c(C#N)c2N)N1. The third-order valence-electron chi connectivity index (χ3n) is 5.11. The molecule has 11 heteroatoms. The zero-order valence-electron chi connectivity index (χ0n) is 17.5. The highest BCUT2D eigenvalue weighted by molar-refractivity contribution is 5.98. The van der Waals surface area contributed by atoms with Gasteiger partial charge in [-0.25, -0.2) is 14.4 Å². The highest BCUT2D eigenvalue weighted by Crippen LogP contribution is 2.41. The summed E-state index contributed by atoms with van der Waals surface area (Å²) < 4.78 is 20.0. The van der Waals surface area contributed by atoms with Gasteiger partial charge in [0.25, 0.3) is 0 Å². The summed E-state index contributed by atoms with van der Waals surface area (Å²) >= 11 is 0. The number of fused-ring (bicyclic) bond motifs is 1. The van der Waals surface area contributed by atoms with E-state index in [0.717, 1.165) is 6.07 Å². The fourth-order valence-electron chi connectivity index (χ4n) is 3.49. The van der Waals surface area contributed by atoms with Crippen LogP contribution in [-0.4, -0.2) is 10.9 Å². The monoisotopic (exact) mass is 453 g/mol. The van der Waals surface area contributed by atoms with Gasteiger partial charge in [0.1, 0.15) is 47.5 Å². The van der Waals surface area contributed by atoms with Gasteiger partial charge >= 0.3 is 0 Å². The van der Waals surface area contributed by atoms with Crippen molar-refractivity contribution in [1.82, 2.24) is 10.3 Å². The van der Waals surface area contributed by atoms with Gasteiger partial charge < -0.3 is 21.5 Å². The molecule has 1 aliphatic rings. The molecule has 0 amide bonds. The smallest absolute Gasteiger partial charge is 0.211 e. The molecule has 166 valence electrons. The van der Waals surface area contributed by atoms with Crippen LogP contribution in [0, 0.1) is 39.9 Å². The van der Waals surface area contributed by atoms with Crippen LogP contribution in [0.1, 0.15) is 33.9 Å². The van der Waals surface area contributed by atoms with E-state index in [9.17, 15) is 9.65 Å². The molecule has 0 saturated carbocycles. The molecule has 1 atom stereocenters. The number of rotatable bonds is 4. The number of nitrogens with two attached hydrogens (primary N) is 2. The maximum Gasteiger partial charge on any atom is 0.211 e. The van der Waals surface area contributed by atoms with E-state index in [1.54, 1.807) is 30.5 Å². The number of guanidine groups is 1. The average Bonchev–Trinajstić information content (AvgIpc) is 2.83. The van der Waals surface area contributed by atoms with E-state index in [1.807, 2.05) is 12.1 Å². The van der Waals surface area contributed by atoms with E-state index in [0.29, 0.717) is 16.9 Å². The number of nitrogens with one attached hydrogen (secondary N) is 2. The molecule has 0 saturated heterocycles. The molecular weight excluding hydrogens is 437 g/mol. The lowest BCUT2D eigenvalue weighted by molar-refractivity contribution is 0.299.